The summed E-state index contributed by atoms with van der Waals surface area (Å²) in [6, 6.07) is 14.1. The smallest absolute Gasteiger partial charge is 0.439 e. The Bertz CT molecular complexity index is 1080. The summed E-state index contributed by atoms with van der Waals surface area (Å²) in [6.45, 7) is 5.33. The highest BCUT2D eigenvalue weighted by Crippen LogP contribution is 2.12. The van der Waals surface area contributed by atoms with Gasteiger partial charge in [0.2, 0.25) is 5.82 Å². The first-order valence-corrected chi connectivity index (χ1v) is 9.08. The first-order valence-electron chi connectivity index (χ1n) is 9.08. The van der Waals surface area contributed by atoms with Crippen molar-refractivity contribution < 1.29 is 18.9 Å². The van der Waals surface area contributed by atoms with Crippen LogP contribution in [0.3, 0.4) is 0 Å². The summed E-state index contributed by atoms with van der Waals surface area (Å²) in [6.07, 6.45) is -0.604. The molecule has 2 N–H and O–H groups in total. The maximum Gasteiger partial charge on any atom is 0.439 e. The van der Waals surface area contributed by atoms with Crippen molar-refractivity contribution in [3.8, 4) is 0 Å². The predicted molar refractivity (Wildman–Crippen MR) is 108 cm³/mol. The van der Waals surface area contributed by atoms with Crippen molar-refractivity contribution in [1.29, 1.82) is 0 Å². The molecule has 3 rings (SSSR count). The van der Waals surface area contributed by atoms with Crippen LogP contribution in [0.1, 0.15) is 37.9 Å². The number of carbonyl (C=O) groups excluding carboxylic acids is 1. The maximum absolute atomic E-state index is 11.9. The van der Waals surface area contributed by atoms with E-state index < -0.39 is 17.5 Å². The van der Waals surface area contributed by atoms with Crippen LogP contribution in [-0.2, 0) is 16.2 Å². The molecule has 0 unspecified atom stereocenters. The van der Waals surface area contributed by atoms with Crippen LogP contribution in [0.5, 0.6) is 0 Å². The van der Waals surface area contributed by atoms with Gasteiger partial charge in [-0.15, -0.1) is 0 Å². The van der Waals surface area contributed by atoms with E-state index in [0.29, 0.717) is 22.8 Å². The van der Waals surface area contributed by atoms with Gasteiger partial charge in [0.15, 0.2) is 12.3 Å². The van der Waals surface area contributed by atoms with Crippen molar-refractivity contribution in [2.24, 2.45) is 5.16 Å². The molecule has 0 aliphatic rings. The lowest BCUT2D eigenvalue weighted by Crippen LogP contribution is -2.27. The second kappa shape index (κ2) is 9.03. The molecule has 0 atom stereocenters. The molecular weight excluding hydrogens is 390 g/mol. The zero-order chi connectivity index (χ0) is 21.6. The van der Waals surface area contributed by atoms with E-state index in [-0.39, 0.29) is 12.4 Å². The molecule has 0 saturated heterocycles. The number of aromatic amines is 1. The van der Waals surface area contributed by atoms with Crippen LogP contribution in [-0.4, -0.2) is 32.5 Å². The fraction of sp³-hybridized carbons (Fsp3) is 0.250. The van der Waals surface area contributed by atoms with Gasteiger partial charge in [-0.05, 0) is 32.9 Å². The lowest BCUT2D eigenvalue weighted by atomic mass is 10.1. The van der Waals surface area contributed by atoms with Crippen LogP contribution < -0.4 is 11.1 Å². The zero-order valence-electron chi connectivity index (χ0n) is 16.7. The number of ether oxygens (including phenoxy) is 1. The molecule has 0 saturated carbocycles. The monoisotopic (exact) mass is 411 g/mol. The van der Waals surface area contributed by atoms with Crippen molar-refractivity contribution in [1.82, 2.24) is 15.1 Å². The highest BCUT2D eigenvalue weighted by molar-refractivity contribution is 6.10. The third kappa shape index (κ3) is 6.03. The Morgan fingerprint density at radius 3 is 2.60 bits per heavy atom. The van der Waals surface area contributed by atoms with Gasteiger partial charge in [-0.25, -0.2) is 14.6 Å². The minimum atomic E-state index is -0.698. The first kappa shape index (κ1) is 20.8. The number of anilines is 1. The van der Waals surface area contributed by atoms with Gasteiger partial charge in [-0.2, -0.15) is 0 Å². The summed E-state index contributed by atoms with van der Waals surface area (Å²) in [5, 5.41) is 10.3. The highest BCUT2D eigenvalue weighted by Gasteiger charge is 2.17. The number of hydrogen-bond donors (Lipinski definition) is 2. The van der Waals surface area contributed by atoms with Crippen molar-refractivity contribution in [3.05, 3.63) is 76.2 Å². The third-order valence-electron chi connectivity index (χ3n) is 3.52. The number of amides is 1. The summed E-state index contributed by atoms with van der Waals surface area (Å²) in [7, 11) is 0. The number of pyridine rings is 1. The van der Waals surface area contributed by atoms with Crippen LogP contribution in [0.25, 0.3) is 0 Å². The lowest BCUT2D eigenvalue weighted by molar-refractivity contribution is 0.0635. The predicted octanol–water partition coefficient (Wildman–Crippen LogP) is 3.07. The average molecular weight is 411 g/mol. The summed E-state index contributed by atoms with van der Waals surface area (Å²) in [5.41, 5.74) is 0.878. The molecule has 1 aromatic carbocycles. The number of aromatic nitrogens is 3. The van der Waals surface area contributed by atoms with Gasteiger partial charge in [0.05, 0.1) is 5.69 Å². The summed E-state index contributed by atoms with van der Waals surface area (Å²) in [4.78, 5) is 35.3. The molecule has 0 radical (unpaired) electrons. The van der Waals surface area contributed by atoms with Gasteiger partial charge in [0.25, 0.3) is 0 Å². The number of nitrogens with one attached hydrogen (secondary N) is 2. The molecular formula is C20H21N5O5. The third-order valence-corrected chi connectivity index (χ3v) is 3.52. The molecule has 0 aliphatic carbocycles. The Labute approximate surface area is 171 Å². The van der Waals surface area contributed by atoms with E-state index in [9.17, 15) is 9.59 Å². The average Bonchev–Trinajstić information content (AvgIpc) is 3.10. The molecule has 2 heterocycles. The fourth-order valence-corrected chi connectivity index (χ4v) is 2.36. The molecule has 0 bridgehead atoms. The van der Waals surface area contributed by atoms with E-state index in [1.807, 2.05) is 18.2 Å². The van der Waals surface area contributed by atoms with Gasteiger partial charge in [0.1, 0.15) is 11.4 Å². The molecule has 156 valence electrons. The first-order chi connectivity index (χ1) is 14.3. The van der Waals surface area contributed by atoms with Crippen molar-refractivity contribution in [3.63, 3.8) is 0 Å². The normalized spacial score (nSPS) is 11.8. The van der Waals surface area contributed by atoms with Crippen molar-refractivity contribution >= 4 is 17.6 Å². The second-order valence-electron chi connectivity index (χ2n) is 7.16. The Hall–Kier alpha value is -3.95. The fourth-order valence-electron chi connectivity index (χ4n) is 2.36. The van der Waals surface area contributed by atoms with E-state index in [1.54, 1.807) is 51.1 Å². The van der Waals surface area contributed by atoms with Crippen molar-refractivity contribution in [2.45, 2.75) is 33.0 Å². The topological polar surface area (TPSA) is 132 Å². The van der Waals surface area contributed by atoms with E-state index >= 15 is 0 Å². The standard InChI is InChI=1S/C20H21N5O5/c1-20(2,3)29-18(26)22-15-11-7-10-14(21-15)12-28-24-16(13-8-5-4-6-9-13)17-23-19(27)30-25-17/h4-11H,12H2,1-3H3,(H,21,22,26)(H,23,25,27)/b24-16-. The molecule has 2 aromatic heterocycles. The Morgan fingerprint density at radius 2 is 1.93 bits per heavy atom. The van der Waals surface area contributed by atoms with Gasteiger partial charge < -0.3 is 9.57 Å². The Balaban J connectivity index is 1.71. The summed E-state index contributed by atoms with van der Waals surface area (Å²) in [5.74, 6) is -0.242. The van der Waals surface area contributed by atoms with Gasteiger partial charge in [0, 0.05) is 5.56 Å². The van der Waals surface area contributed by atoms with E-state index in [1.165, 1.54) is 0 Å². The molecule has 30 heavy (non-hydrogen) atoms. The van der Waals surface area contributed by atoms with Crippen LogP contribution in [0, 0.1) is 0 Å². The molecule has 0 spiro atoms. The molecule has 1 amide bonds. The van der Waals surface area contributed by atoms with E-state index in [0.717, 1.165) is 0 Å². The van der Waals surface area contributed by atoms with Crippen LogP contribution >= 0.6 is 0 Å². The Kier molecular flexibility index (Phi) is 6.26. The van der Waals surface area contributed by atoms with E-state index in [4.69, 9.17) is 9.57 Å². The van der Waals surface area contributed by atoms with Gasteiger partial charge >= 0.3 is 11.8 Å². The quantitative estimate of drug-likeness (QED) is 0.470. The van der Waals surface area contributed by atoms with Crippen LogP contribution in [0.4, 0.5) is 10.6 Å². The SMILES string of the molecule is CC(C)(C)OC(=O)Nc1cccc(CO/N=C(/c2ccccc2)c2noc(=O)[nH]2)n1. The second-order valence-corrected chi connectivity index (χ2v) is 7.16. The summed E-state index contributed by atoms with van der Waals surface area (Å²) >= 11 is 0. The van der Waals surface area contributed by atoms with Gasteiger partial charge in [-0.3, -0.25) is 14.8 Å². The highest BCUT2D eigenvalue weighted by atomic mass is 16.6. The molecule has 10 nitrogen and oxygen atoms in total. The molecule has 3 aromatic rings. The largest absolute Gasteiger partial charge is 0.444 e. The molecule has 0 aliphatic heterocycles. The number of nitrogens with zero attached hydrogens (tertiary/aromatic N) is 3. The Morgan fingerprint density at radius 1 is 1.17 bits per heavy atom. The van der Waals surface area contributed by atoms with Crippen LogP contribution in [0.15, 0.2) is 63.0 Å². The molecule has 0 fully saturated rings. The number of oxime groups is 1. The number of H-pyrrole nitrogens is 1. The number of hydrogen-bond acceptors (Lipinski definition) is 8. The minimum absolute atomic E-state index is 0.0161. The number of carbonyl (C=O) groups is 1. The molecule has 10 heteroatoms. The van der Waals surface area contributed by atoms with E-state index in [2.05, 4.69) is 30.1 Å². The lowest BCUT2D eigenvalue weighted by Gasteiger charge is -2.19. The summed E-state index contributed by atoms with van der Waals surface area (Å²) < 4.78 is 9.76. The maximum atomic E-state index is 11.9. The van der Waals surface area contributed by atoms with Crippen LogP contribution in [0.2, 0.25) is 0 Å². The zero-order valence-corrected chi connectivity index (χ0v) is 16.7. The van der Waals surface area contributed by atoms with Crippen molar-refractivity contribution in [2.75, 3.05) is 5.32 Å². The van der Waals surface area contributed by atoms with Gasteiger partial charge in [-0.1, -0.05) is 46.7 Å². The number of rotatable bonds is 6. The number of benzene rings is 1. The minimum Gasteiger partial charge on any atom is -0.444 e.